The smallest absolute Gasteiger partial charge is 0.266 e. The molecule has 1 aliphatic carbocycles. The van der Waals surface area contributed by atoms with Crippen molar-refractivity contribution in [2.24, 2.45) is 0 Å². The molecule has 1 heterocycles. The molecule has 21 heavy (non-hydrogen) atoms. The Kier molecular flexibility index (Phi) is 4.12. The monoisotopic (exact) mass is 322 g/mol. The number of thiazole rings is 1. The third kappa shape index (κ3) is 3.36. The zero-order valence-corrected chi connectivity index (χ0v) is 13.1. The summed E-state index contributed by atoms with van der Waals surface area (Å²) < 4.78 is 5.59. The van der Waals surface area contributed by atoms with Crippen molar-refractivity contribution in [1.82, 2.24) is 4.98 Å². The Labute approximate surface area is 132 Å². The molecule has 0 fully saturated rings. The highest BCUT2D eigenvalue weighted by Crippen LogP contribution is 2.30. The Bertz CT molecular complexity index is 650. The van der Waals surface area contributed by atoms with Crippen molar-refractivity contribution >= 4 is 34.0 Å². The van der Waals surface area contributed by atoms with Gasteiger partial charge in [-0.25, -0.2) is 4.98 Å². The molecule has 0 saturated carbocycles. The van der Waals surface area contributed by atoms with Gasteiger partial charge in [0, 0.05) is 9.90 Å². The summed E-state index contributed by atoms with van der Waals surface area (Å²) in [6.07, 6.45) is 2.63. The largest absolute Gasteiger partial charge is 0.481 e. The number of ether oxygens (including phenoxy) is 1. The van der Waals surface area contributed by atoms with Gasteiger partial charge in [-0.05, 0) is 44.4 Å². The number of hydrogen-bond donors (Lipinski definition) is 1. The summed E-state index contributed by atoms with van der Waals surface area (Å²) >= 11 is 7.45. The van der Waals surface area contributed by atoms with Crippen molar-refractivity contribution in [3.05, 3.63) is 39.9 Å². The number of aryl methyl sites for hydroxylation is 2. The minimum atomic E-state index is -0.609. The average molecular weight is 323 g/mol. The normalized spacial score (nSPS) is 14.6. The number of halogens is 1. The second kappa shape index (κ2) is 6.03. The van der Waals surface area contributed by atoms with Gasteiger partial charge in [-0.15, -0.1) is 11.3 Å². The molecule has 1 atom stereocenters. The Morgan fingerprint density at radius 3 is 3.10 bits per heavy atom. The van der Waals surface area contributed by atoms with Crippen LogP contribution in [0.1, 0.15) is 23.9 Å². The number of benzene rings is 1. The first kappa shape index (κ1) is 14.4. The molecule has 1 aliphatic rings. The summed E-state index contributed by atoms with van der Waals surface area (Å²) in [6, 6.07) is 7.00. The molecule has 4 nitrogen and oxygen atoms in total. The van der Waals surface area contributed by atoms with E-state index in [0.717, 1.165) is 25.0 Å². The van der Waals surface area contributed by atoms with Crippen LogP contribution in [-0.4, -0.2) is 17.0 Å². The summed E-state index contributed by atoms with van der Waals surface area (Å²) in [7, 11) is 0. The predicted molar refractivity (Wildman–Crippen MR) is 84.3 cm³/mol. The van der Waals surface area contributed by atoms with Gasteiger partial charge >= 0.3 is 0 Å². The number of amides is 1. The van der Waals surface area contributed by atoms with Gasteiger partial charge in [-0.2, -0.15) is 0 Å². The summed E-state index contributed by atoms with van der Waals surface area (Å²) in [5, 5.41) is 4.06. The fourth-order valence-corrected chi connectivity index (χ4v) is 3.48. The summed E-state index contributed by atoms with van der Waals surface area (Å²) in [6.45, 7) is 1.71. The molecule has 0 bridgehead atoms. The number of nitrogens with zero attached hydrogens (tertiary/aromatic N) is 1. The van der Waals surface area contributed by atoms with E-state index in [2.05, 4.69) is 10.3 Å². The van der Waals surface area contributed by atoms with E-state index in [1.165, 1.54) is 4.88 Å². The van der Waals surface area contributed by atoms with Crippen molar-refractivity contribution in [2.75, 3.05) is 5.32 Å². The topological polar surface area (TPSA) is 51.2 Å². The van der Waals surface area contributed by atoms with Crippen molar-refractivity contribution in [1.29, 1.82) is 0 Å². The Balaban J connectivity index is 1.61. The second-order valence-electron chi connectivity index (χ2n) is 4.95. The highest BCUT2D eigenvalue weighted by atomic mass is 35.5. The molecule has 2 aromatic rings. The number of hydrogen-bond acceptors (Lipinski definition) is 4. The molecule has 3 rings (SSSR count). The number of fused-ring (bicyclic) bond motifs is 1. The zero-order chi connectivity index (χ0) is 14.8. The van der Waals surface area contributed by atoms with E-state index < -0.39 is 6.10 Å². The Morgan fingerprint density at radius 2 is 2.33 bits per heavy atom. The maximum Gasteiger partial charge on any atom is 0.266 e. The van der Waals surface area contributed by atoms with Crippen molar-refractivity contribution < 1.29 is 9.53 Å². The van der Waals surface area contributed by atoms with Crippen LogP contribution in [0.15, 0.2) is 24.3 Å². The van der Waals surface area contributed by atoms with Crippen LogP contribution < -0.4 is 10.1 Å². The lowest BCUT2D eigenvalue weighted by atomic mass is 10.3. The van der Waals surface area contributed by atoms with E-state index >= 15 is 0 Å². The standard InChI is InChI=1S/C15H15ClN2O2S/c1-9(20-11-5-2-4-10(16)8-11)14(19)18-15-17-12-6-3-7-13(12)21-15/h2,4-5,8-9H,3,6-7H2,1H3,(H,17,18,19). The quantitative estimate of drug-likeness (QED) is 0.934. The molecule has 0 saturated heterocycles. The Morgan fingerprint density at radius 1 is 1.48 bits per heavy atom. The first-order valence-corrected chi connectivity index (χ1v) is 8.03. The van der Waals surface area contributed by atoms with Crippen LogP contribution >= 0.6 is 22.9 Å². The third-order valence-electron chi connectivity index (χ3n) is 3.30. The lowest BCUT2D eigenvalue weighted by Gasteiger charge is -2.13. The fraction of sp³-hybridized carbons (Fsp3) is 0.333. The molecule has 110 valence electrons. The number of carbonyl (C=O) groups is 1. The fourth-order valence-electron chi connectivity index (χ4n) is 2.25. The van der Waals surface area contributed by atoms with Crippen molar-refractivity contribution in [2.45, 2.75) is 32.3 Å². The minimum Gasteiger partial charge on any atom is -0.481 e. The highest BCUT2D eigenvalue weighted by Gasteiger charge is 2.20. The average Bonchev–Trinajstić information content (AvgIpc) is 2.99. The molecule has 1 amide bonds. The second-order valence-corrected chi connectivity index (χ2v) is 6.47. The van der Waals surface area contributed by atoms with Gasteiger partial charge < -0.3 is 4.74 Å². The molecule has 1 aromatic heterocycles. The van der Waals surface area contributed by atoms with Crippen LogP contribution in [0.25, 0.3) is 0 Å². The molecule has 1 unspecified atom stereocenters. The van der Waals surface area contributed by atoms with E-state index in [0.29, 0.717) is 15.9 Å². The van der Waals surface area contributed by atoms with Crippen LogP contribution in [0.4, 0.5) is 5.13 Å². The van der Waals surface area contributed by atoms with E-state index in [-0.39, 0.29) is 5.91 Å². The molecule has 0 aliphatic heterocycles. The lowest BCUT2D eigenvalue weighted by Crippen LogP contribution is -2.30. The number of anilines is 1. The molecule has 0 spiro atoms. The third-order valence-corrected chi connectivity index (χ3v) is 4.61. The summed E-state index contributed by atoms with van der Waals surface area (Å²) in [5.41, 5.74) is 1.12. The van der Waals surface area contributed by atoms with E-state index in [9.17, 15) is 4.79 Å². The first-order valence-electron chi connectivity index (χ1n) is 6.83. The highest BCUT2D eigenvalue weighted by molar-refractivity contribution is 7.15. The van der Waals surface area contributed by atoms with Crippen LogP contribution in [0.5, 0.6) is 5.75 Å². The number of carbonyl (C=O) groups excluding carboxylic acids is 1. The molecule has 1 N–H and O–H groups in total. The van der Waals surface area contributed by atoms with E-state index in [1.54, 1.807) is 42.5 Å². The van der Waals surface area contributed by atoms with Crippen molar-refractivity contribution in [3.8, 4) is 5.75 Å². The van der Waals surface area contributed by atoms with Gasteiger partial charge in [0.2, 0.25) is 0 Å². The van der Waals surface area contributed by atoms with Crippen LogP contribution in [0.3, 0.4) is 0 Å². The van der Waals surface area contributed by atoms with Gasteiger partial charge in [0.05, 0.1) is 5.69 Å². The first-order chi connectivity index (χ1) is 10.1. The van der Waals surface area contributed by atoms with Gasteiger partial charge in [0.25, 0.3) is 5.91 Å². The molecule has 0 radical (unpaired) electrons. The van der Waals surface area contributed by atoms with E-state index in [4.69, 9.17) is 16.3 Å². The van der Waals surface area contributed by atoms with Gasteiger partial charge in [-0.3, -0.25) is 10.1 Å². The Hall–Kier alpha value is -1.59. The molecule has 6 heteroatoms. The SMILES string of the molecule is CC(Oc1cccc(Cl)c1)C(=O)Nc1nc2c(s1)CCC2. The zero-order valence-electron chi connectivity index (χ0n) is 11.6. The number of aromatic nitrogens is 1. The maximum atomic E-state index is 12.1. The van der Waals surface area contributed by atoms with Crippen LogP contribution in [0.2, 0.25) is 5.02 Å². The van der Waals surface area contributed by atoms with Crippen LogP contribution in [-0.2, 0) is 17.6 Å². The molecular weight excluding hydrogens is 308 g/mol. The molecule has 1 aromatic carbocycles. The number of nitrogens with one attached hydrogen (secondary N) is 1. The predicted octanol–water partition coefficient (Wildman–Crippen LogP) is 3.69. The molecular formula is C15H15ClN2O2S. The minimum absolute atomic E-state index is 0.206. The van der Waals surface area contributed by atoms with E-state index in [1.807, 2.05) is 0 Å². The van der Waals surface area contributed by atoms with Gasteiger partial charge in [0.15, 0.2) is 11.2 Å². The maximum absolute atomic E-state index is 12.1. The van der Waals surface area contributed by atoms with Gasteiger partial charge in [-0.1, -0.05) is 17.7 Å². The number of rotatable bonds is 4. The lowest BCUT2D eigenvalue weighted by molar-refractivity contribution is -0.122. The van der Waals surface area contributed by atoms with Crippen molar-refractivity contribution in [3.63, 3.8) is 0 Å². The summed E-state index contributed by atoms with van der Waals surface area (Å²) in [4.78, 5) is 17.9. The van der Waals surface area contributed by atoms with Crippen LogP contribution in [0, 0.1) is 0 Å². The summed E-state index contributed by atoms with van der Waals surface area (Å²) in [5.74, 6) is 0.370. The van der Waals surface area contributed by atoms with Gasteiger partial charge in [0.1, 0.15) is 5.75 Å².